The molecule has 1 aromatic rings. The minimum atomic E-state index is 0.868. The fourth-order valence-corrected chi connectivity index (χ4v) is 1.92. The summed E-state index contributed by atoms with van der Waals surface area (Å²) in [4.78, 5) is 7.09. The molecule has 1 N–H and O–H groups in total. The predicted octanol–water partition coefficient (Wildman–Crippen LogP) is 3.21. The number of rotatable bonds is 9. The Bertz CT molecular complexity index is 325. The highest BCUT2D eigenvalue weighted by atomic mass is 15.2. The first-order valence-corrected chi connectivity index (χ1v) is 7.23. The molecular formula is C15H27N3. The Hall–Kier alpha value is -1.09. The topological polar surface area (TPSA) is 28.2 Å². The maximum atomic E-state index is 4.73. The number of anilines is 1. The lowest BCUT2D eigenvalue weighted by molar-refractivity contribution is 0.660. The molecule has 0 aromatic carbocycles. The van der Waals surface area contributed by atoms with Gasteiger partial charge in [0.05, 0.1) is 5.69 Å². The minimum Gasteiger partial charge on any atom is -0.357 e. The SMILES string of the molecule is CCCCN(CC)c1cccc(CNCCC)n1. The minimum absolute atomic E-state index is 0.868. The van der Waals surface area contributed by atoms with E-state index in [4.69, 9.17) is 4.98 Å². The maximum absolute atomic E-state index is 4.73. The molecule has 0 unspecified atom stereocenters. The van der Waals surface area contributed by atoms with Crippen molar-refractivity contribution in [2.75, 3.05) is 24.5 Å². The summed E-state index contributed by atoms with van der Waals surface area (Å²) >= 11 is 0. The van der Waals surface area contributed by atoms with Crippen LogP contribution in [0.1, 0.15) is 45.7 Å². The van der Waals surface area contributed by atoms with Gasteiger partial charge < -0.3 is 10.2 Å². The lowest BCUT2D eigenvalue weighted by Gasteiger charge is -2.22. The molecule has 0 amide bonds. The average molecular weight is 249 g/mol. The van der Waals surface area contributed by atoms with Crippen LogP contribution in [0, 0.1) is 0 Å². The second kappa shape index (κ2) is 8.92. The van der Waals surface area contributed by atoms with Gasteiger partial charge in [-0.05, 0) is 38.4 Å². The molecule has 0 bridgehead atoms. The molecule has 0 saturated heterocycles. The summed E-state index contributed by atoms with van der Waals surface area (Å²) in [5.41, 5.74) is 1.14. The summed E-state index contributed by atoms with van der Waals surface area (Å²) in [6, 6.07) is 6.32. The molecule has 0 aliphatic heterocycles. The van der Waals surface area contributed by atoms with Crippen LogP contribution in [0.4, 0.5) is 5.82 Å². The van der Waals surface area contributed by atoms with Crippen molar-refractivity contribution < 1.29 is 0 Å². The summed E-state index contributed by atoms with van der Waals surface area (Å²) in [5.74, 6) is 1.11. The van der Waals surface area contributed by atoms with Crippen LogP contribution in [0.25, 0.3) is 0 Å². The Morgan fingerprint density at radius 1 is 1.17 bits per heavy atom. The van der Waals surface area contributed by atoms with Gasteiger partial charge in [0.1, 0.15) is 5.82 Å². The van der Waals surface area contributed by atoms with E-state index in [2.05, 4.69) is 49.2 Å². The second-order valence-corrected chi connectivity index (χ2v) is 4.60. The van der Waals surface area contributed by atoms with Gasteiger partial charge in [0.25, 0.3) is 0 Å². The number of unbranched alkanes of at least 4 members (excludes halogenated alkanes) is 1. The Morgan fingerprint density at radius 3 is 2.67 bits per heavy atom. The Labute approximate surface area is 112 Å². The average Bonchev–Trinajstić information content (AvgIpc) is 2.40. The highest BCUT2D eigenvalue weighted by Gasteiger charge is 2.05. The van der Waals surface area contributed by atoms with Crippen molar-refractivity contribution >= 4 is 5.82 Å². The van der Waals surface area contributed by atoms with Crippen LogP contribution in [0.5, 0.6) is 0 Å². The first kappa shape index (κ1) is 15.0. The number of nitrogens with zero attached hydrogens (tertiary/aromatic N) is 2. The zero-order valence-corrected chi connectivity index (χ0v) is 12.1. The van der Waals surface area contributed by atoms with Crippen molar-refractivity contribution in [1.29, 1.82) is 0 Å². The highest BCUT2D eigenvalue weighted by Crippen LogP contribution is 2.12. The van der Waals surface area contributed by atoms with E-state index in [1.54, 1.807) is 0 Å². The second-order valence-electron chi connectivity index (χ2n) is 4.60. The molecular weight excluding hydrogens is 222 g/mol. The van der Waals surface area contributed by atoms with Crippen molar-refractivity contribution in [3.63, 3.8) is 0 Å². The molecule has 0 aliphatic carbocycles. The van der Waals surface area contributed by atoms with E-state index in [0.717, 1.165) is 44.1 Å². The van der Waals surface area contributed by atoms with Crippen molar-refractivity contribution in [1.82, 2.24) is 10.3 Å². The molecule has 102 valence electrons. The van der Waals surface area contributed by atoms with E-state index in [0.29, 0.717) is 0 Å². The summed E-state index contributed by atoms with van der Waals surface area (Å²) < 4.78 is 0. The number of nitrogens with one attached hydrogen (secondary N) is 1. The molecule has 1 rings (SSSR count). The molecule has 0 aliphatic rings. The van der Waals surface area contributed by atoms with Crippen LogP contribution in [0.2, 0.25) is 0 Å². The summed E-state index contributed by atoms with van der Waals surface area (Å²) in [6.07, 6.45) is 3.62. The maximum Gasteiger partial charge on any atom is 0.128 e. The van der Waals surface area contributed by atoms with Crippen LogP contribution in [-0.4, -0.2) is 24.6 Å². The zero-order chi connectivity index (χ0) is 13.2. The van der Waals surface area contributed by atoms with Gasteiger partial charge in [0, 0.05) is 19.6 Å². The number of hydrogen-bond donors (Lipinski definition) is 1. The standard InChI is InChI=1S/C15H27N3/c1-4-7-12-18(6-3)15-10-8-9-14(17-15)13-16-11-5-2/h8-10,16H,4-7,11-13H2,1-3H3. The highest BCUT2D eigenvalue weighted by molar-refractivity contribution is 5.38. The Morgan fingerprint density at radius 2 is 2.00 bits per heavy atom. The molecule has 3 nitrogen and oxygen atoms in total. The molecule has 18 heavy (non-hydrogen) atoms. The quantitative estimate of drug-likeness (QED) is 0.681. The Balaban J connectivity index is 2.60. The van der Waals surface area contributed by atoms with Crippen molar-refractivity contribution in [3.8, 4) is 0 Å². The zero-order valence-electron chi connectivity index (χ0n) is 12.1. The van der Waals surface area contributed by atoms with Gasteiger partial charge in [-0.3, -0.25) is 0 Å². The summed E-state index contributed by atoms with van der Waals surface area (Å²) in [5, 5.41) is 3.40. The fourth-order valence-electron chi connectivity index (χ4n) is 1.92. The third-order valence-corrected chi connectivity index (χ3v) is 3.01. The number of aromatic nitrogens is 1. The van der Waals surface area contributed by atoms with Gasteiger partial charge in [0.15, 0.2) is 0 Å². The number of pyridine rings is 1. The molecule has 0 fully saturated rings. The largest absolute Gasteiger partial charge is 0.357 e. The third kappa shape index (κ3) is 5.05. The number of hydrogen-bond acceptors (Lipinski definition) is 3. The van der Waals surface area contributed by atoms with Crippen LogP contribution in [0.15, 0.2) is 18.2 Å². The first-order chi connectivity index (χ1) is 8.81. The van der Waals surface area contributed by atoms with Crippen molar-refractivity contribution in [3.05, 3.63) is 23.9 Å². The van der Waals surface area contributed by atoms with Gasteiger partial charge in [-0.1, -0.05) is 26.3 Å². The fraction of sp³-hybridized carbons (Fsp3) is 0.667. The van der Waals surface area contributed by atoms with E-state index in [-0.39, 0.29) is 0 Å². The third-order valence-electron chi connectivity index (χ3n) is 3.01. The molecule has 0 spiro atoms. The van der Waals surface area contributed by atoms with Crippen molar-refractivity contribution in [2.45, 2.75) is 46.6 Å². The van der Waals surface area contributed by atoms with E-state index < -0.39 is 0 Å². The van der Waals surface area contributed by atoms with E-state index in [9.17, 15) is 0 Å². The molecule has 3 heteroatoms. The van der Waals surface area contributed by atoms with Crippen molar-refractivity contribution in [2.24, 2.45) is 0 Å². The van der Waals surface area contributed by atoms with Crippen LogP contribution >= 0.6 is 0 Å². The van der Waals surface area contributed by atoms with Gasteiger partial charge in [-0.2, -0.15) is 0 Å². The monoisotopic (exact) mass is 249 g/mol. The molecule has 0 radical (unpaired) electrons. The van der Waals surface area contributed by atoms with Gasteiger partial charge in [0.2, 0.25) is 0 Å². The van der Waals surface area contributed by atoms with Crippen LogP contribution in [-0.2, 0) is 6.54 Å². The lowest BCUT2D eigenvalue weighted by Crippen LogP contribution is -2.25. The molecule has 0 saturated carbocycles. The molecule has 0 atom stereocenters. The Kier molecular flexibility index (Phi) is 7.42. The predicted molar refractivity (Wildman–Crippen MR) is 79.0 cm³/mol. The van der Waals surface area contributed by atoms with E-state index in [1.165, 1.54) is 12.8 Å². The van der Waals surface area contributed by atoms with Gasteiger partial charge in [-0.15, -0.1) is 0 Å². The van der Waals surface area contributed by atoms with E-state index in [1.807, 2.05) is 0 Å². The summed E-state index contributed by atoms with van der Waals surface area (Å²) in [7, 11) is 0. The summed E-state index contributed by atoms with van der Waals surface area (Å²) in [6.45, 7) is 10.7. The van der Waals surface area contributed by atoms with Gasteiger partial charge >= 0.3 is 0 Å². The normalized spacial score (nSPS) is 10.6. The van der Waals surface area contributed by atoms with Gasteiger partial charge in [-0.25, -0.2) is 4.98 Å². The van der Waals surface area contributed by atoms with Crippen LogP contribution in [0.3, 0.4) is 0 Å². The van der Waals surface area contributed by atoms with Crippen LogP contribution < -0.4 is 10.2 Å². The van der Waals surface area contributed by atoms with E-state index >= 15 is 0 Å². The smallest absolute Gasteiger partial charge is 0.128 e. The molecule has 1 aromatic heterocycles. The lowest BCUT2D eigenvalue weighted by atomic mass is 10.3. The first-order valence-electron chi connectivity index (χ1n) is 7.23. The molecule has 1 heterocycles.